The van der Waals surface area contributed by atoms with Gasteiger partial charge in [0.1, 0.15) is 11.0 Å². The van der Waals surface area contributed by atoms with Crippen LogP contribution in [0.2, 0.25) is 5.02 Å². The molecular formula is C21H15ClN4O2S. The SMILES string of the molecule is Cc1[nH]c2[nH]n(-c3nc4ccccc4s3)c(=O)c2c(=O)c1Cc1ccc(Cl)cc1. The lowest BCUT2D eigenvalue weighted by Gasteiger charge is -2.06. The maximum Gasteiger partial charge on any atom is 0.286 e. The van der Waals surface area contributed by atoms with Gasteiger partial charge in [0.15, 0.2) is 5.43 Å². The van der Waals surface area contributed by atoms with E-state index in [-0.39, 0.29) is 10.8 Å². The summed E-state index contributed by atoms with van der Waals surface area (Å²) in [4.78, 5) is 33.9. The van der Waals surface area contributed by atoms with Gasteiger partial charge in [-0.05, 0) is 36.8 Å². The van der Waals surface area contributed by atoms with Gasteiger partial charge in [0.05, 0.1) is 10.2 Å². The van der Waals surface area contributed by atoms with Crippen molar-refractivity contribution in [3.05, 3.63) is 91.0 Å². The zero-order valence-corrected chi connectivity index (χ0v) is 16.9. The molecule has 0 bridgehead atoms. The fraction of sp³-hybridized carbons (Fsp3) is 0.0952. The summed E-state index contributed by atoms with van der Waals surface area (Å²) in [7, 11) is 0. The van der Waals surface area contributed by atoms with E-state index in [2.05, 4.69) is 15.1 Å². The predicted molar refractivity (Wildman–Crippen MR) is 117 cm³/mol. The van der Waals surface area contributed by atoms with Crippen molar-refractivity contribution in [1.29, 1.82) is 0 Å². The van der Waals surface area contributed by atoms with E-state index in [1.807, 2.05) is 43.3 Å². The Bertz CT molecular complexity index is 1460. The monoisotopic (exact) mass is 422 g/mol. The number of fused-ring (bicyclic) bond motifs is 2. The molecule has 8 heteroatoms. The second kappa shape index (κ2) is 6.72. The Kier molecular flexibility index (Phi) is 4.15. The fourth-order valence-electron chi connectivity index (χ4n) is 3.43. The molecule has 3 heterocycles. The smallest absolute Gasteiger partial charge is 0.286 e. The number of rotatable bonds is 3. The van der Waals surface area contributed by atoms with Crippen LogP contribution in [0.3, 0.4) is 0 Å². The van der Waals surface area contributed by atoms with E-state index in [1.54, 1.807) is 12.1 Å². The second-order valence-corrected chi connectivity index (χ2v) is 8.27. The van der Waals surface area contributed by atoms with Crippen molar-refractivity contribution in [2.75, 3.05) is 0 Å². The molecule has 0 fully saturated rings. The maximum atomic E-state index is 13.2. The van der Waals surface area contributed by atoms with Gasteiger partial charge in [-0.2, -0.15) is 4.68 Å². The summed E-state index contributed by atoms with van der Waals surface area (Å²) in [6.07, 6.45) is 0.417. The summed E-state index contributed by atoms with van der Waals surface area (Å²) in [5.74, 6) is 0. The Hall–Kier alpha value is -3.16. The largest absolute Gasteiger partial charge is 0.343 e. The highest BCUT2D eigenvalue weighted by molar-refractivity contribution is 7.20. The number of thiazole rings is 1. The number of benzene rings is 2. The molecule has 0 radical (unpaired) electrons. The minimum Gasteiger partial charge on any atom is -0.343 e. The van der Waals surface area contributed by atoms with E-state index in [4.69, 9.17) is 11.6 Å². The predicted octanol–water partition coefficient (Wildman–Crippen LogP) is 4.17. The standard InChI is InChI=1S/C21H15ClN4O2S/c1-11-14(10-12-6-8-13(22)9-7-12)18(27)17-19(23-11)25-26(20(17)28)21-24-15-4-2-3-5-16(15)29-21/h2-9H,10H2,1H3,(H2,23,25,27). The molecule has 2 aromatic carbocycles. The molecular weight excluding hydrogens is 408 g/mol. The van der Waals surface area contributed by atoms with Gasteiger partial charge in [-0.15, -0.1) is 0 Å². The molecule has 6 nitrogen and oxygen atoms in total. The van der Waals surface area contributed by atoms with E-state index in [9.17, 15) is 9.59 Å². The minimum atomic E-state index is -0.405. The van der Waals surface area contributed by atoms with Crippen LogP contribution >= 0.6 is 22.9 Å². The van der Waals surface area contributed by atoms with Gasteiger partial charge in [0.2, 0.25) is 5.13 Å². The number of hydrogen-bond donors (Lipinski definition) is 2. The Morgan fingerprint density at radius 3 is 2.62 bits per heavy atom. The molecule has 3 aromatic heterocycles. The highest BCUT2D eigenvalue weighted by atomic mass is 35.5. The lowest BCUT2D eigenvalue weighted by Crippen LogP contribution is -2.21. The van der Waals surface area contributed by atoms with Gasteiger partial charge in [0.25, 0.3) is 5.56 Å². The van der Waals surface area contributed by atoms with Crippen molar-refractivity contribution in [2.45, 2.75) is 13.3 Å². The van der Waals surface area contributed by atoms with Gasteiger partial charge in [-0.3, -0.25) is 14.7 Å². The molecule has 29 heavy (non-hydrogen) atoms. The highest BCUT2D eigenvalue weighted by Gasteiger charge is 2.19. The summed E-state index contributed by atoms with van der Waals surface area (Å²) in [6.45, 7) is 1.83. The van der Waals surface area contributed by atoms with Crippen LogP contribution in [0.1, 0.15) is 16.8 Å². The van der Waals surface area contributed by atoms with Gasteiger partial charge in [-0.1, -0.05) is 47.2 Å². The van der Waals surface area contributed by atoms with Crippen molar-refractivity contribution in [3.63, 3.8) is 0 Å². The molecule has 144 valence electrons. The number of H-pyrrole nitrogens is 2. The summed E-state index contributed by atoms with van der Waals surface area (Å²) in [5.41, 5.74) is 2.76. The Labute approximate surface area is 173 Å². The summed E-state index contributed by atoms with van der Waals surface area (Å²) >= 11 is 7.34. The Morgan fingerprint density at radius 2 is 1.86 bits per heavy atom. The first-order valence-corrected chi connectivity index (χ1v) is 10.2. The van der Waals surface area contributed by atoms with Crippen molar-refractivity contribution in [1.82, 2.24) is 19.7 Å². The number of halogens is 1. The van der Waals surface area contributed by atoms with E-state index < -0.39 is 5.56 Å². The van der Waals surface area contributed by atoms with Crippen molar-refractivity contribution >= 4 is 44.2 Å². The third-order valence-corrected chi connectivity index (χ3v) is 6.20. The molecule has 0 aliphatic heterocycles. The zero-order valence-electron chi connectivity index (χ0n) is 15.3. The topological polar surface area (TPSA) is 83.5 Å². The average molecular weight is 423 g/mol. The molecule has 2 N–H and O–H groups in total. The van der Waals surface area contributed by atoms with Crippen LogP contribution in [0.15, 0.2) is 58.1 Å². The number of aryl methyl sites for hydroxylation is 1. The lowest BCUT2D eigenvalue weighted by atomic mass is 10.0. The molecule has 0 aliphatic rings. The molecule has 0 saturated heterocycles. The van der Waals surface area contributed by atoms with Gasteiger partial charge in [-0.25, -0.2) is 4.98 Å². The number of hydrogen-bond acceptors (Lipinski definition) is 4. The van der Waals surface area contributed by atoms with Gasteiger partial charge >= 0.3 is 0 Å². The van der Waals surface area contributed by atoms with Crippen LogP contribution in [0, 0.1) is 6.92 Å². The quantitative estimate of drug-likeness (QED) is 0.457. The number of nitrogens with zero attached hydrogens (tertiary/aromatic N) is 2. The van der Waals surface area contributed by atoms with E-state index in [0.717, 1.165) is 21.5 Å². The highest BCUT2D eigenvalue weighted by Crippen LogP contribution is 2.24. The fourth-order valence-corrected chi connectivity index (χ4v) is 4.48. The maximum absolute atomic E-state index is 13.2. The van der Waals surface area contributed by atoms with Gasteiger partial charge < -0.3 is 4.98 Å². The van der Waals surface area contributed by atoms with Crippen LogP contribution in [-0.4, -0.2) is 19.7 Å². The van der Waals surface area contributed by atoms with Crippen LogP contribution in [0.4, 0.5) is 0 Å². The molecule has 0 atom stereocenters. The zero-order chi connectivity index (χ0) is 20.1. The number of pyridine rings is 1. The molecule has 5 rings (SSSR count). The van der Waals surface area contributed by atoms with Crippen molar-refractivity contribution in [2.24, 2.45) is 0 Å². The third-order valence-electron chi connectivity index (χ3n) is 4.92. The number of nitrogens with one attached hydrogen (secondary N) is 2. The Morgan fingerprint density at radius 1 is 1.10 bits per heavy atom. The first-order valence-electron chi connectivity index (χ1n) is 8.98. The molecule has 0 aliphatic carbocycles. The number of aromatic amines is 2. The van der Waals surface area contributed by atoms with Gasteiger partial charge in [0, 0.05) is 22.7 Å². The van der Waals surface area contributed by atoms with Crippen LogP contribution in [0.5, 0.6) is 0 Å². The first-order chi connectivity index (χ1) is 14.0. The molecule has 0 unspecified atom stereocenters. The summed E-state index contributed by atoms with van der Waals surface area (Å²) < 4.78 is 2.30. The van der Waals surface area contributed by atoms with E-state index in [1.165, 1.54) is 16.0 Å². The molecule has 5 aromatic rings. The third kappa shape index (κ3) is 2.99. The minimum absolute atomic E-state index is 0.110. The van der Waals surface area contributed by atoms with E-state index >= 15 is 0 Å². The van der Waals surface area contributed by atoms with Crippen molar-refractivity contribution < 1.29 is 0 Å². The normalized spacial score (nSPS) is 11.5. The number of aromatic nitrogens is 4. The van der Waals surface area contributed by atoms with Crippen LogP contribution in [0.25, 0.3) is 26.4 Å². The second-order valence-electron chi connectivity index (χ2n) is 6.83. The van der Waals surface area contributed by atoms with Crippen LogP contribution in [-0.2, 0) is 6.42 Å². The lowest BCUT2D eigenvalue weighted by molar-refractivity contribution is 0.850. The summed E-state index contributed by atoms with van der Waals surface area (Å²) in [5, 5.41) is 4.25. The average Bonchev–Trinajstić information content (AvgIpc) is 3.27. The van der Waals surface area contributed by atoms with E-state index in [0.29, 0.717) is 27.8 Å². The Balaban J connectivity index is 1.67. The molecule has 0 amide bonds. The first kappa shape index (κ1) is 17.9. The van der Waals surface area contributed by atoms with Crippen molar-refractivity contribution in [3.8, 4) is 5.13 Å². The summed E-state index contributed by atoms with van der Waals surface area (Å²) in [6, 6.07) is 15.0. The molecule has 0 spiro atoms. The number of para-hydroxylation sites is 1. The molecule has 0 saturated carbocycles. The van der Waals surface area contributed by atoms with Crippen LogP contribution < -0.4 is 11.0 Å².